The van der Waals surface area contributed by atoms with E-state index in [0.717, 1.165) is 24.0 Å². The molecule has 0 radical (unpaired) electrons. The van der Waals surface area contributed by atoms with Gasteiger partial charge < -0.3 is 5.73 Å². The molecule has 0 aliphatic carbocycles. The number of allylic oxidation sites excluding steroid dienone is 1. The summed E-state index contributed by atoms with van der Waals surface area (Å²) in [6.07, 6.45) is 1.68. The first-order valence-electron chi connectivity index (χ1n) is 4.85. The van der Waals surface area contributed by atoms with Gasteiger partial charge >= 0.3 is 0 Å². The number of hydrogen-bond acceptors (Lipinski definition) is 1. The number of benzene rings is 1. The molecule has 1 aromatic carbocycles. The highest BCUT2D eigenvalue weighted by Gasteiger charge is 2.08. The van der Waals surface area contributed by atoms with Gasteiger partial charge in [-0.3, -0.25) is 0 Å². The Bertz CT molecular complexity index is 363. The van der Waals surface area contributed by atoms with Gasteiger partial charge in [0.1, 0.15) is 5.82 Å². The molecular weight excluding hydrogens is 257 g/mol. The van der Waals surface area contributed by atoms with E-state index in [4.69, 9.17) is 5.73 Å². The predicted octanol–water partition coefficient (Wildman–Crippen LogP) is 3.94. The maximum absolute atomic E-state index is 13.2. The molecule has 0 spiro atoms. The molecule has 0 bridgehead atoms. The molecule has 1 aromatic rings. The summed E-state index contributed by atoms with van der Waals surface area (Å²) in [4.78, 5) is 0. The van der Waals surface area contributed by atoms with Gasteiger partial charge in [-0.15, -0.1) is 6.58 Å². The molecule has 1 rings (SSSR count). The molecule has 0 aliphatic rings. The Hall–Kier alpha value is -0.670. The average Bonchev–Trinajstić information content (AvgIpc) is 2.18. The SMILES string of the molecule is C=C(C)CCC(N)c1ccc(Br)c(F)c1. The standard InChI is InChI=1S/C12H15BrFN/c1-8(2)3-6-12(15)9-4-5-10(13)11(14)7-9/h4-5,7,12H,1,3,6,15H2,2H3. The van der Waals surface area contributed by atoms with Crippen LogP contribution in [0.4, 0.5) is 4.39 Å². The first kappa shape index (κ1) is 12.4. The van der Waals surface area contributed by atoms with E-state index in [9.17, 15) is 4.39 Å². The van der Waals surface area contributed by atoms with Gasteiger partial charge in [0.2, 0.25) is 0 Å². The summed E-state index contributed by atoms with van der Waals surface area (Å²) in [6, 6.07) is 4.89. The molecule has 0 fully saturated rings. The van der Waals surface area contributed by atoms with Crippen LogP contribution in [0.25, 0.3) is 0 Å². The van der Waals surface area contributed by atoms with Crippen molar-refractivity contribution >= 4 is 15.9 Å². The topological polar surface area (TPSA) is 26.0 Å². The number of nitrogens with two attached hydrogens (primary N) is 1. The fraction of sp³-hybridized carbons (Fsp3) is 0.333. The Kier molecular flexibility index (Phi) is 4.48. The van der Waals surface area contributed by atoms with Gasteiger partial charge in [0, 0.05) is 6.04 Å². The summed E-state index contributed by atoms with van der Waals surface area (Å²) in [6.45, 7) is 5.78. The average molecular weight is 272 g/mol. The lowest BCUT2D eigenvalue weighted by atomic mass is 10.0. The third kappa shape index (κ3) is 3.76. The second kappa shape index (κ2) is 5.42. The van der Waals surface area contributed by atoms with Crippen molar-refractivity contribution in [1.29, 1.82) is 0 Å². The molecule has 1 nitrogen and oxygen atoms in total. The summed E-state index contributed by atoms with van der Waals surface area (Å²) in [5.41, 5.74) is 7.87. The van der Waals surface area contributed by atoms with Crippen LogP contribution in [0.1, 0.15) is 31.4 Å². The van der Waals surface area contributed by atoms with Crippen LogP contribution in [0.3, 0.4) is 0 Å². The molecule has 0 saturated carbocycles. The number of hydrogen-bond donors (Lipinski definition) is 1. The van der Waals surface area contributed by atoms with Crippen molar-refractivity contribution in [2.75, 3.05) is 0 Å². The zero-order valence-electron chi connectivity index (χ0n) is 8.76. The molecular formula is C12H15BrFN. The molecule has 82 valence electrons. The van der Waals surface area contributed by atoms with Crippen LogP contribution in [0.5, 0.6) is 0 Å². The summed E-state index contributed by atoms with van der Waals surface area (Å²) in [7, 11) is 0. The van der Waals surface area contributed by atoms with E-state index in [1.807, 2.05) is 13.0 Å². The van der Waals surface area contributed by atoms with Crippen LogP contribution < -0.4 is 5.73 Å². The highest BCUT2D eigenvalue weighted by Crippen LogP contribution is 2.22. The van der Waals surface area contributed by atoms with Gasteiger partial charge in [0.25, 0.3) is 0 Å². The van der Waals surface area contributed by atoms with Gasteiger partial charge in [-0.25, -0.2) is 4.39 Å². The molecule has 1 unspecified atom stereocenters. The summed E-state index contributed by atoms with van der Waals surface area (Å²) >= 11 is 3.11. The second-order valence-corrected chi connectivity index (χ2v) is 4.63. The minimum absolute atomic E-state index is 0.121. The van der Waals surface area contributed by atoms with Crippen molar-refractivity contribution in [3.63, 3.8) is 0 Å². The molecule has 0 heterocycles. The second-order valence-electron chi connectivity index (χ2n) is 3.78. The van der Waals surface area contributed by atoms with Crippen molar-refractivity contribution in [3.8, 4) is 0 Å². The van der Waals surface area contributed by atoms with Crippen LogP contribution in [-0.4, -0.2) is 0 Å². The Labute approximate surface area is 98.3 Å². The van der Waals surface area contributed by atoms with Crippen molar-refractivity contribution in [2.24, 2.45) is 5.73 Å². The Morgan fingerprint density at radius 3 is 2.80 bits per heavy atom. The first-order valence-corrected chi connectivity index (χ1v) is 5.65. The first-order chi connectivity index (χ1) is 7.00. The summed E-state index contributed by atoms with van der Waals surface area (Å²) < 4.78 is 13.7. The van der Waals surface area contributed by atoms with E-state index in [-0.39, 0.29) is 11.9 Å². The third-order valence-corrected chi connectivity index (χ3v) is 2.90. The molecule has 2 N–H and O–H groups in total. The van der Waals surface area contributed by atoms with Crippen molar-refractivity contribution < 1.29 is 4.39 Å². The maximum atomic E-state index is 13.2. The Balaban J connectivity index is 2.69. The van der Waals surface area contributed by atoms with E-state index in [1.165, 1.54) is 6.07 Å². The quantitative estimate of drug-likeness (QED) is 0.825. The van der Waals surface area contributed by atoms with E-state index < -0.39 is 0 Å². The molecule has 0 amide bonds. The van der Waals surface area contributed by atoms with Crippen molar-refractivity contribution in [2.45, 2.75) is 25.8 Å². The van der Waals surface area contributed by atoms with Gasteiger partial charge in [0.15, 0.2) is 0 Å². The fourth-order valence-corrected chi connectivity index (χ4v) is 1.56. The Morgan fingerprint density at radius 1 is 1.60 bits per heavy atom. The zero-order chi connectivity index (χ0) is 11.4. The minimum Gasteiger partial charge on any atom is -0.324 e. The predicted molar refractivity (Wildman–Crippen MR) is 65.1 cm³/mol. The number of halogens is 2. The van der Waals surface area contributed by atoms with Gasteiger partial charge in [-0.2, -0.15) is 0 Å². The van der Waals surface area contributed by atoms with Gasteiger partial charge in [-0.1, -0.05) is 11.6 Å². The maximum Gasteiger partial charge on any atom is 0.137 e. The van der Waals surface area contributed by atoms with Crippen molar-refractivity contribution in [3.05, 3.63) is 46.2 Å². The summed E-state index contributed by atoms with van der Waals surface area (Å²) in [5, 5.41) is 0. The van der Waals surface area contributed by atoms with Crippen LogP contribution >= 0.6 is 15.9 Å². The molecule has 15 heavy (non-hydrogen) atoms. The zero-order valence-corrected chi connectivity index (χ0v) is 10.3. The summed E-state index contributed by atoms with van der Waals surface area (Å²) in [5.74, 6) is -0.265. The molecule has 0 saturated heterocycles. The van der Waals surface area contributed by atoms with Gasteiger partial charge in [0.05, 0.1) is 4.47 Å². The molecule has 3 heteroatoms. The van der Waals surface area contributed by atoms with Crippen LogP contribution in [0.15, 0.2) is 34.8 Å². The lowest BCUT2D eigenvalue weighted by molar-refractivity contribution is 0.603. The van der Waals surface area contributed by atoms with Gasteiger partial charge in [-0.05, 0) is 53.4 Å². The van der Waals surface area contributed by atoms with Crippen LogP contribution in [0, 0.1) is 5.82 Å². The van der Waals surface area contributed by atoms with E-state index in [2.05, 4.69) is 22.5 Å². The molecule has 1 atom stereocenters. The molecule has 0 aromatic heterocycles. The monoisotopic (exact) mass is 271 g/mol. The molecule has 0 aliphatic heterocycles. The van der Waals surface area contributed by atoms with Crippen molar-refractivity contribution in [1.82, 2.24) is 0 Å². The highest BCUT2D eigenvalue weighted by atomic mass is 79.9. The van der Waals surface area contributed by atoms with E-state index in [0.29, 0.717) is 4.47 Å². The largest absolute Gasteiger partial charge is 0.324 e. The van der Waals surface area contributed by atoms with Crippen LogP contribution in [0.2, 0.25) is 0 Å². The smallest absolute Gasteiger partial charge is 0.137 e. The normalized spacial score (nSPS) is 12.5. The van der Waals surface area contributed by atoms with Crippen LogP contribution in [-0.2, 0) is 0 Å². The third-order valence-electron chi connectivity index (χ3n) is 2.25. The van der Waals surface area contributed by atoms with E-state index >= 15 is 0 Å². The lowest BCUT2D eigenvalue weighted by Crippen LogP contribution is -2.10. The lowest BCUT2D eigenvalue weighted by Gasteiger charge is -2.12. The minimum atomic E-state index is -0.265. The Morgan fingerprint density at radius 2 is 2.27 bits per heavy atom. The highest BCUT2D eigenvalue weighted by molar-refractivity contribution is 9.10. The van der Waals surface area contributed by atoms with E-state index in [1.54, 1.807) is 6.07 Å². The fourth-order valence-electron chi connectivity index (χ4n) is 1.31. The number of rotatable bonds is 4.